The molecule has 0 spiro atoms. The smallest absolute Gasteiger partial charge is 0.336 e. The quantitative estimate of drug-likeness (QED) is 0.361. The summed E-state index contributed by atoms with van der Waals surface area (Å²) in [6, 6.07) is 0. The molecule has 1 aliphatic carbocycles. The molecular weight excluding hydrogens is 396 g/mol. The van der Waals surface area contributed by atoms with Gasteiger partial charge in [0.1, 0.15) is 30.5 Å². The van der Waals surface area contributed by atoms with Crippen molar-refractivity contribution in [1.82, 2.24) is 0 Å². The number of ether oxygens (including phenoxy) is 3. The van der Waals surface area contributed by atoms with E-state index in [-0.39, 0.29) is 23.9 Å². The molecule has 8 unspecified atom stereocenters. The fourth-order valence-electron chi connectivity index (χ4n) is 4.15. The molecule has 2 fully saturated rings. The maximum absolute atomic E-state index is 12.8. The zero-order chi connectivity index (χ0) is 22.0. The molecule has 0 aromatic rings. The molecule has 3 rings (SSSR count). The van der Waals surface area contributed by atoms with Gasteiger partial charge in [-0.25, -0.2) is 4.79 Å². The van der Waals surface area contributed by atoms with E-state index in [1.54, 1.807) is 6.08 Å². The Kier molecular flexibility index (Phi) is 7.30. The summed E-state index contributed by atoms with van der Waals surface area (Å²) >= 11 is 0. The molecule has 0 bridgehead atoms. The highest BCUT2D eigenvalue weighted by Gasteiger charge is 2.46. The minimum absolute atomic E-state index is 0.0611. The van der Waals surface area contributed by atoms with Crippen molar-refractivity contribution in [3.63, 3.8) is 0 Å². The number of esters is 2. The predicted octanol–water partition coefficient (Wildman–Crippen LogP) is -0.0461. The predicted molar refractivity (Wildman–Crippen MR) is 103 cm³/mol. The normalized spacial score (nSPS) is 40.0. The fraction of sp³-hybridized carbons (Fsp3) is 0.714. The summed E-state index contributed by atoms with van der Waals surface area (Å²) in [5.41, 5.74) is 1.44. The van der Waals surface area contributed by atoms with Gasteiger partial charge in [-0.2, -0.15) is 0 Å². The molecule has 0 radical (unpaired) electrons. The Morgan fingerprint density at radius 2 is 1.93 bits per heavy atom. The minimum atomic E-state index is -1.65. The molecule has 8 atom stereocenters. The molecule has 9 heteroatoms. The highest BCUT2D eigenvalue weighted by molar-refractivity contribution is 5.88. The Labute approximate surface area is 174 Å². The van der Waals surface area contributed by atoms with E-state index in [4.69, 9.17) is 14.2 Å². The standard InChI is InChI=1S/C21H30O9/c1-10-4-3-5-12(6-7-13-11(2)19(26)28-14(13)8-10)20(27)30-21-18(25)17(24)16(23)15(9-22)29-21/h5,8,11,13-18,21-25H,3-4,6-7,9H2,1-2H3. The van der Waals surface area contributed by atoms with E-state index < -0.39 is 43.3 Å². The van der Waals surface area contributed by atoms with Crippen molar-refractivity contribution in [3.05, 3.63) is 23.3 Å². The number of rotatable bonds is 3. The lowest BCUT2D eigenvalue weighted by molar-refractivity contribution is -0.291. The summed E-state index contributed by atoms with van der Waals surface area (Å²) in [5.74, 6) is -1.30. The van der Waals surface area contributed by atoms with Gasteiger partial charge in [-0.1, -0.05) is 18.6 Å². The van der Waals surface area contributed by atoms with Gasteiger partial charge in [0.25, 0.3) is 0 Å². The first-order valence-electron chi connectivity index (χ1n) is 10.3. The van der Waals surface area contributed by atoms with E-state index in [1.165, 1.54) is 0 Å². The van der Waals surface area contributed by atoms with Crippen LogP contribution in [0.4, 0.5) is 0 Å². The SMILES string of the molecule is CC1=CC2OC(=O)C(C)C2CCC(C(=O)OC2OC(CO)C(O)C(O)C2O)=CCC1. The number of hydrogen-bond acceptors (Lipinski definition) is 9. The number of carbonyl (C=O) groups is 2. The number of aliphatic hydroxyl groups is 4. The number of allylic oxidation sites excluding steroid dienone is 2. The zero-order valence-electron chi connectivity index (χ0n) is 17.1. The van der Waals surface area contributed by atoms with Crippen LogP contribution in [0.25, 0.3) is 0 Å². The molecule has 0 amide bonds. The second kappa shape index (κ2) is 9.57. The van der Waals surface area contributed by atoms with Crippen LogP contribution in [0.3, 0.4) is 0 Å². The molecule has 30 heavy (non-hydrogen) atoms. The van der Waals surface area contributed by atoms with E-state index in [0.29, 0.717) is 31.3 Å². The Bertz CT molecular complexity index is 713. The highest BCUT2D eigenvalue weighted by atomic mass is 16.7. The summed E-state index contributed by atoms with van der Waals surface area (Å²) in [4.78, 5) is 24.8. The fourth-order valence-corrected chi connectivity index (χ4v) is 4.15. The van der Waals surface area contributed by atoms with Crippen LogP contribution in [0.1, 0.15) is 39.5 Å². The molecule has 3 aliphatic rings. The summed E-state index contributed by atoms with van der Waals surface area (Å²) in [7, 11) is 0. The Hall–Kier alpha value is -1.78. The van der Waals surface area contributed by atoms with Gasteiger partial charge in [-0.05, 0) is 38.7 Å². The second-order valence-corrected chi connectivity index (χ2v) is 8.28. The summed E-state index contributed by atoms with van der Waals surface area (Å²) in [6.45, 7) is 3.16. The number of aliphatic hydroxyl groups excluding tert-OH is 4. The van der Waals surface area contributed by atoms with Crippen LogP contribution in [-0.4, -0.2) is 75.8 Å². The lowest BCUT2D eigenvalue weighted by atomic mass is 9.84. The van der Waals surface area contributed by atoms with Crippen molar-refractivity contribution >= 4 is 11.9 Å². The van der Waals surface area contributed by atoms with Gasteiger partial charge in [0.05, 0.1) is 12.5 Å². The molecule has 0 aromatic heterocycles. The van der Waals surface area contributed by atoms with Crippen LogP contribution < -0.4 is 0 Å². The molecule has 168 valence electrons. The molecule has 2 heterocycles. The van der Waals surface area contributed by atoms with Crippen LogP contribution >= 0.6 is 0 Å². The molecule has 9 nitrogen and oxygen atoms in total. The van der Waals surface area contributed by atoms with Gasteiger partial charge in [0, 0.05) is 11.5 Å². The third kappa shape index (κ3) is 4.76. The van der Waals surface area contributed by atoms with Crippen molar-refractivity contribution in [3.8, 4) is 0 Å². The van der Waals surface area contributed by atoms with Crippen LogP contribution in [-0.2, 0) is 23.8 Å². The third-order valence-electron chi connectivity index (χ3n) is 6.15. The van der Waals surface area contributed by atoms with E-state index in [0.717, 1.165) is 5.57 Å². The maximum Gasteiger partial charge on any atom is 0.336 e. The van der Waals surface area contributed by atoms with Crippen LogP contribution in [0.15, 0.2) is 23.3 Å². The van der Waals surface area contributed by atoms with E-state index in [1.807, 2.05) is 19.9 Å². The first-order chi connectivity index (χ1) is 14.2. The van der Waals surface area contributed by atoms with Gasteiger partial charge in [-0.15, -0.1) is 0 Å². The summed E-state index contributed by atoms with van der Waals surface area (Å²) in [6.07, 6.45) is -1.87. The van der Waals surface area contributed by atoms with E-state index in [2.05, 4.69) is 0 Å². The third-order valence-corrected chi connectivity index (χ3v) is 6.15. The van der Waals surface area contributed by atoms with Crippen molar-refractivity contribution in [2.45, 2.75) is 76.3 Å². The molecule has 4 N–H and O–H groups in total. The molecule has 2 aliphatic heterocycles. The highest BCUT2D eigenvalue weighted by Crippen LogP contribution is 2.35. The number of fused-ring (bicyclic) bond motifs is 1. The Balaban J connectivity index is 1.72. The number of hydrogen-bond donors (Lipinski definition) is 4. The largest absolute Gasteiger partial charge is 0.458 e. The molecular formula is C21H30O9. The topological polar surface area (TPSA) is 143 Å². The lowest BCUT2D eigenvalue weighted by Gasteiger charge is -2.39. The van der Waals surface area contributed by atoms with E-state index in [9.17, 15) is 30.0 Å². The monoisotopic (exact) mass is 426 g/mol. The first kappa shape index (κ1) is 22.9. The Morgan fingerprint density at radius 3 is 2.63 bits per heavy atom. The van der Waals surface area contributed by atoms with Crippen LogP contribution in [0, 0.1) is 11.8 Å². The van der Waals surface area contributed by atoms with Crippen molar-refractivity contribution in [2.75, 3.05) is 6.61 Å². The van der Waals surface area contributed by atoms with Crippen LogP contribution in [0.5, 0.6) is 0 Å². The van der Waals surface area contributed by atoms with Crippen LogP contribution in [0.2, 0.25) is 0 Å². The maximum atomic E-state index is 12.8. The van der Waals surface area contributed by atoms with Gasteiger partial charge in [0.2, 0.25) is 6.29 Å². The average Bonchev–Trinajstić information content (AvgIpc) is 2.97. The van der Waals surface area contributed by atoms with Gasteiger partial charge >= 0.3 is 11.9 Å². The van der Waals surface area contributed by atoms with Gasteiger partial charge < -0.3 is 34.6 Å². The molecule has 0 saturated carbocycles. The number of carbonyl (C=O) groups excluding carboxylic acids is 2. The molecule has 2 saturated heterocycles. The lowest BCUT2D eigenvalue weighted by Crippen LogP contribution is -2.59. The summed E-state index contributed by atoms with van der Waals surface area (Å²) in [5, 5.41) is 39.1. The van der Waals surface area contributed by atoms with Gasteiger partial charge in [-0.3, -0.25) is 4.79 Å². The average molecular weight is 426 g/mol. The minimum Gasteiger partial charge on any atom is -0.458 e. The van der Waals surface area contributed by atoms with Crippen molar-refractivity contribution < 1.29 is 44.2 Å². The van der Waals surface area contributed by atoms with E-state index >= 15 is 0 Å². The Morgan fingerprint density at radius 1 is 1.20 bits per heavy atom. The molecule has 0 aromatic carbocycles. The zero-order valence-corrected chi connectivity index (χ0v) is 17.1. The van der Waals surface area contributed by atoms with Crippen molar-refractivity contribution in [2.24, 2.45) is 11.8 Å². The first-order valence-corrected chi connectivity index (χ1v) is 10.3. The second-order valence-electron chi connectivity index (χ2n) is 8.28. The summed E-state index contributed by atoms with van der Waals surface area (Å²) < 4.78 is 16.0. The van der Waals surface area contributed by atoms with Gasteiger partial charge in [0.15, 0.2) is 0 Å². The van der Waals surface area contributed by atoms with Crippen molar-refractivity contribution in [1.29, 1.82) is 0 Å².